The van der Waals surface area contributed by atoms with E-state index in [0.29, 0.717) is 22.3 Å². The van der Waals surface area contributed by atoms with Crippen molar-refractivity contribution in [3.63, 3.8) is 0 Å². The smallest absolute Gasteiger partial charge is 0.338 e. The van der Waals surface area contributed by atoms with Gasteiger partial charge in [0.2, 0.25) is 0 Å². The topological polar surface area (TPSA) is 132 Å². The van der Waals surface area contributed by atoms with E-state index in [1.165, 1.54) is 0 Å². The van der Waals surface area contributed by atoms with E-state index in [-0.39, 0.29) is 72.3 Å². The van der Waals surface area contributed by atoms with Crippen molar-refractivity contribution in [3.05, 3.63) is 192 Å². The predicted molar refractivity (Wildman–Crippen MR) is 318 cm³/mol. The highest BCUT2D eigenvalue weighted by Gasteiger charge is 2.64. The largest absolute Gasteiger partial charge is 0.465 e. The van der Waals surface area contributed by atoms with Crippen LogP contribution >= 0.6 is 0 Å². The maximum absolute atomic E-state index is 14.8. The van der Waals surface area contributed by atoms with Gasteiger partial charge in [-0.3, -0.25) is 4.79 Å². The van der Waals surface area contributed by atoms with Crippen LogP contribution in [-0.2, 0) is 28.5 Å². The van der Waals surface area contributed by atoms with Crippen LogP contribution in [0.2, 0.25) is 0 Å². The summed E-state index contributed by atoms with van der Waals surface area (Å²) in [6, 6.07) is 53.6. The second-order valence-electron chi connectivity index (χ2n) is 25.1. The Morgan fingerprint density at radius 2 is 0.902 bits per heavy atom. The average Bonchev–Trinajstić information content (AvgIpc) is 2.44. The van der Waals surface area contributed by atoms with Crippen molar-refractivity contribution in [1.82, 2.24) is 0 Å². The first kappa shape index (κ1) is 54.7. The average molecular weight is 1100 g/mol. The zero-order valence-electron chi connectivity index (χ0n) is 47.6. The molecule has 8 aromatic carbocycles. The molecule has 0 aromatic heterocycles. The molecule has 0 N–H and O–H groups in total. The van der Waals surface area contributed by atoms with E-state index in [1.807, 2.05) is 140 Å². The van der Waals surface area contributed by atoms with Gasteiger partial charge in [0.25, 0.3) is 0 Å². The van der Waals surface area contributed by atoms with Crippen molar-refractivity contribution >= 4 is 72.9 Å². The van der Waals surface area contributed by atoms with Crippen LogP contribution in [0.4, 0.5) is 0 Å². The fourth-order valence-electron chi connectivity index (χ4n) is 15.5. The van der Waals surface area contributed by atoms with E-state index >= 15 is 0 Å². The molecular weight excluding hydrogens is 1020 g/mol. The molecule has 13 atom stereocenters. The highest BCUT2D eigenvalue weighted by Crippen LogP contribution is 2.66. The number of esters is 5. The van der Waals surface area contributed by atoms with Crippen molar-refractivity contribution in [2.45, 2.75) is 104 Å². The lowest BCUT2D eigenvalue weighted by atomic mass is 9.48. The summed E-state index contributed by atoms with van der Waals surface area (Å²) in [5, 5.41) is 7.64. The molecule has 12 rings (SSSR count). The molecule has 0 spiro atoms. The van der Waals surface area contributed by atoms with E-state index in [2.05, 4.69) is 41.5 Å². The summed E-state index contributed by atoms with van der Waals surface area (Å²) in [6.07, 6.45) is 0.268. The van der Waals surface area contributed by atoms with Gasteiger partial charge in [0.1, 0.15) is 24.4 Å². The molecule has 0 amide bonds. The molecule has 82 heavy (non-hydrogen) atoms. The SMILES string of the molecule is CC(C)[C@@H](C)[C@@H](OC(=O)c1ccc2ccccc2c1)[C@H](OC(=O)c1ccc2ccccc2c1)[C@@H](C)[C@H]1CC[C@H]2[C@@H]3COC(=O)C4C[C@H](OC(=O)c5ccc6ccccc6c5)[C@H](OC(=O)c5ccc6ccccc6c5)C[C@]4(C)[C@H]3CC[C@]12C. The summed E-state index contributed by atoms with van der Waals surface area (Å²) in [4.78, 5) is 72.7. The van der Waals surface area contributed by atoms with Gasteiger partial charge in [-0.1, -0.05) is 163 Å². The van der Waals surface area contributed by atoms with Crippen molar-refractivity contribution in [2.75, 3.05) is 6.61 Å². The van der Waals surface area contributed by atoms with Gasteiger partial charge in [0.05, 0.1) is 34.8 Å². The van der Waals surface area contributed by atoms with Crippen molar-refractivity contribution in [3.8, 4) is 0 Å². The zero-order valence-corrected chi connectivity index (χ0v) is 47.6. The van der Waals surface area contributed by atoms with Gasteiger partial charge in [0.15, 0.2) is 0 Å². The summed E-state index contributed by atoms with van der Waals surface area (Å²) >= 11 is 0. The second-order valence-corrected chi connectivity index (χ2v) is 25.1. The molecule has 1 unspecified atom stereocenters. The number of benzene rings is 8. The summed E-state index contributed by atoms with van der Waals surface area (Å²) in [5.41, 5.74) is 0.612. The van der Waals surface area contributed by atoms with Crippen molar-refractivity contribution in [1.29, 1.82) is 0 Å². The Labute approximate surface area is 479 Å². The van der Waals surface area contributed by atoms with E-state index in [9.17, 15) is 24.0 Å². The number of hydrogen-bond donors (Lipinski definition) is 0. The molecule has 4 aliphatic rings. The molecule has 8 aromatic rings. The Bertz CT molecular complexity index is 3770. The number of rotatable bonds is 13. The fourth-order valence-corrected chi connectivity index (χ4v) is 15.5. The first-order valence-corrected chi connectivity index (χ1v) is 29.5. The lowest BCUT2D eigenvalue weighted by Gasteiger charge is -2.56. The second kappa shape index (κ2) is 22.1. The normalized spacial score (nSPS) is 26.5. The third-order valence-corrected chi connectivity index (χ3v) is 20.4. The lowest BCUT2D eigenvalue weighted by Crippen LogP contribution is -2.56. The van der Waals surface area contributed by atoms with E-state index < -0.39 is 59.6 Å². The Kier molecular flexibility index (Phi) is 14.8. The lowest BCUT2D eigenvalue weighted by molar-refractivity contribution is -0.163. The highest BCUT2D eigenvalue weighted by molar-refractivity contribution is 5.98. The number of carbonyl (C=O) groups is 5. The highest BCUT2D eigenvalue weighted by atomic mass is 16.6. The van der Waals surface area contributed by atoms with Crippen LogP contribution in [0.25, 0.3) is 43.1 Å². The fraction of sp³-hybridized carbons (Fsp3) is 0.375. The standard InChI is InChI=1S/C72H72O10/c1-42(2)43(3)64(81-68(75)55-29-25-47-17-9-13-21-51(47)37-55)65(82-69(76)56-30-26-48-18-10-14-22-52(48)38-56)44(4)58-31-32-59-57-41-78-70(77)61-39-62(79-66(73)53-27-23-45-15-7-11-19-49(45)35-53)63(40-72(61,6)60(57)33-34-71(58,59)5)80-67(74)54-28-24-46-16-8-12-20-50(46)36-54/h7-30,35-38,42-44,57-65H,31-34,39-41H2,1-6H3/t43-,44+,57+,58-,59+,60+,61?,62+,63-,64-,65-,71-,72-/m1/s1. The molecule has 1 aliphatic heterocycles. The minimum Gasteiger partial charge on any atom is -0.465 e. The maximum Gasteiger partial charge on any atom is 0.338 e. The number of fused-ring (bicyclic) bond motifs is 9. The van der Waals surface area contributed by atoms with Crippen LogP contribution in [0, 0.1) is 58.2 Å². The number of hydrogen-bond acceptors (Lipinski definition) is 10. The van der Waals surface area contributed by atoms with Crippen LogP contribution in [0.5, 0.6) is 0 Å². The zero-order chi connectivity index (χ0) is 57.0. The molecule has 3 saturated carbocycles. The number of ether oxygens (including phenoxy) is 5. The van der Waals surface area contributed by atoms with E-state index in [1.54, 1.807) is 30.3 Å². The van der Waals surface area contributed by atoms with Gasteiger partial charge in [-0.25, -0.2) is 19.2 Å². The van der Waals surface area contributed by atoms with Crippen molar-refractivity contribution < 1.29 is 47.7 Å². The summed E-state index contributed by atoms with van der Waals surface area (Å²) < 4.78 is 33.0. The Morgan fingerprint density at radius 1 is 0.488 bits per heavy atom. The van der Waals surface area contributed by atoms with Crippen LogP contribution < -0.4 is 0 Å². The first-order chi connectivity index (χ1) is 39.6. The molecule has 420 valence electrons. The molecule has 0 radical (unpaired) electrons. The molecule has 10 heteroatoms. The molecule has 1 heterocycles. The van der Waals surface area contributed by atoms with E-state index in [0.717, 1.165) is 68.8 Å². The minimum atomic E-state index is -0.929. The third-order valence-electron chi connectivity index (χ3n) is 20.4. The van der Waals surface area contributed by atoms with Gasteiger partial charge in [-0.05, 0) is 170 Å². The van der Waals surface area contributed by atoms with Crippen LogP contribution in [0.15, 0.2) is 170 Å². The quantitative estimate of drug-likeness (QED) is 0.0812. The molecular formula is C72H72O10. The Balaban J connectivity index is 0.854. The van der Waals surface area contributed by atoms with Gasteiger partial charge in [0, 0.05) is 12.3 Å². The summed E-state index contributed by atoms with van der Waals surface area (Å²) in [6.45, 7) is 13.3. The van der Waals surface area contributed by atoms with Crippen molar-refractivity contribution in [2.24, 2.45) is 58.2 Å². The molecule has 1 saturated heterocycles. The van der Waals surface area contributed by atoms with Crippen LogP contribution in [0.1, 0.15) is 121 Å². The van der Waals surface area contributed by atoms with Crippen LogP contribution in [0.3, 0.4) is 0 Å². The molecule has 10 nitrogen and oxygen atoms in total. The summed E-state index contributed by atoms with van der Waals surface area (Å²) in [7, 11) is 0. The van der Waals surface area contributed by atoms with Gasteiger partial charge < -0.3 is 23.7 Å². The molecule has 3 aliphatic carbocycles. The Morgan fingerprint density at radius 3 is 1.37 bits per heavy atom. The van der Waals surface area contributed by atoms with E-state index in [4.69, 9.17) is 23.7 Å². The van der Waals surface area contributed by atoms with Gasteiger partial charge in [-0.15, -0.1) is 0 Å². The minimum absolute atomic E-state index is 0.00626. The molecule has 0 bridgehead atoms. The summed E-state index contributed by atoms with van der Waals surface area (Å²) in [5.74, 6) is -3.31. The number of cyclic esters (lactones) is 1. The van der Waals surface area contributed by atoms with Gasteiger partial charge in [-0.2, -0.15) is 0 Å². The number of carbonyl (C=O) groups excluding carboxylic acids is 5. The maximum atomic E-state index is 14.8. The first-order valence-electron chi connectivity index (χ1n) is 29.5. The third kappa shape index (κ3) is 10.2. The van der Waals surface area contributed by atoms with Crippen LogP contribution in [-0.4, -0.2) is 60.9 Å². The predicted octanol–water partition coefficient (Wildman–Crippen LogP) is 15.5. The monoisotopic (exact) mass is 1100 g/mol. The molecule has 4 fully saturated rings. The Hall–Kier alpha value is -7.85. The van der Waals surface area contributed by atoms with Gasteiger partial charge >= 0.3 is 29.8 Å².